The first-order chi connectivity index (χ1) is 14.5. The van der Waals surface area contributed by atoms with E-state index in [0.717, 1.165) is 37.8 Å². The molecule has 1 unspecified atom stereocenters. The van der Waals surface area contributed by atoms with E-state index in [1.807, 2.05) is 0 Å². The van der Waals surface area contributed by atoms with E-state index in [-0.39, 0.29) is 23.5 Å². The molecule has 1 N–H and O–H groups in total. The van der Waals surface area contributed by atoms with Gasteiger partial charge in [-0.25, -0.2) is 8.78 Å². The number of hydrogen-bond acceptors (Lipinski definition) is 5. The molecule has 1 aromatic carbocycles. The van der Waals surface area contributed by atoms with E-state index in [1.165, 1.54) is 24.2 Å². The van der Waals surface area contributed by atoms with Crippen LogP contribution in [-0.2, 0) is 11.3 Å². The van der Waals surface area contributed by atoms with E-state index in [0.29, 0.717) is 17.5 Å². The molecule has 1 aromatic heterocycles. The molecule has 1 atom stereocenters. The van der Waals surface area contributed by atoms with Gasteiger partial charge in [0, 0.05) is 18.7 Å². The number of thioether (sulfide) groups is 1. The quantitative estimate of drug-likeness (QED) is 0.465. The van der Waals surface area contributed by atoms with Gasteiger partial charge in [0.1, 0.15) is 5.82 Å². The molecule has 9 heteroatoms. The van der Waals surface area contributed by atoms with Crippen molar-refractivity contribution >= 4 is 17.7 Å². The Morgan fingerprint density at radius 1 is 1.37 bits per heavy atom. The molecule has 2 aromatic rings. The van der Waals surface area contributed by atoms with Crippen molar-refractivity contribution in [1.82, 2.24) is 20.1 Å². The molecule has 0 bridgehead atoms. The number of allylic oxidation sites excluding steroid dienone is 1. The molecule has 1 heterocycles. The molecule has 30 heavy (non-hydrogen) atoms. The molecule has 1 fully saturated rings. The van der Waals surface area contributed by atoms with E-state index >= 15 is 0 Å². The predicted molar refractivity (Wildman–Crippen MR) is 111 cm³/mol. The molecule has 0 spiro atoms. The van der Waals surface area contributed by atoms with Crippen LogP contribution in [0.4, 0.5) is 8.78 Å². The highest BCUT2D eigenvalue weighted by Gasteiger charge is 2.22. The van der Waals surface area contributed by atoms with Gasteiger partial charge in [-0.3, -0.25) is 9.36 Å². The van der Waals surface area contributed by atoms with Crippen LogP contribution in [0, 0.1) is 11.6 Å². The molecule has 1 aliphatic rings. The summed E-state index contributed by atoms with van der Waals surface area (Å²) in [6.45, 7) is 5.87. The highest BCUT2D eigenvalue weighted by molar-refractivity contribution is 7.99. The Hall–Kier alpha value is -2.42. The minimum atomic E-state index is -0.786. The Balaban J connectivity index is 1.64. The van der Waals surface area contributed by atoms with Crippen molar-refractivity contribution in [2.45, 2.75) is 62.9 Å². The average Bonchev–Trinajstić information content (AvgIpc) is 3.12. The van der Waals surface area contributed by atoms with Crippen molar-refractivity contribution < 1.29 is 18.3 Å². The summed E-state index contributed by atoms with van der Waals surface area (Å²) in [5.74, 6) is -0.863. The molecular formula is C21H26F2N4O2S. The second-order valence-corrected chi connectivity index (χ2v) is 8.21. The third-order valence-electron chi connectivity index (χ3n) is 4.92. The summed E-state index contributed by atoms with van der Waals surface area (Å²) in [5.41, 5.74) is 0. The van der Waals surface area contributed by atoms with Gasteiger partial charge in [-0.1, -0.05) is 37.1 Å². The number of hydrogen-bond donors (Lipinski definition) is 1. The molecule has 1 amide bonds. The molecule has 1 saturated carbocycles. The Kier molecular flexibility index (Phi) is 7.84. The number of ether oxygens (including phenoxy) is 1. The smallest absolute Gasteiger partial charge is 0.230 e. The van der Waals surface area contributed by atoms with E-state index < -0.39 is 17.7 Å². The molecule has 3 rings (SSSR count). The van der Waals surface area contributed by atoms with Crippen LogP contribution in [0.3, 0.4) is 0 Å². The van der Waals surface area contributed by atoms with Crippen molar-refractivity contribution in [3.05, 3.63) is 48.3 Å². The maximum Gasteiger partial charge on any atom is 0.230 e. The van der Waals surface area contributed by atoms with Crippen molar-refractivity contribution in [2.24, 2.45) is 0 Å². The van der Waals surface area contributed by atoms with E-state index in [1.54, 1.807) is 17.6 Å². The van der Waals surface area contributed by atoms with Crippen LogP contribution in [0.5, 0.6) is 5.75 Å². The third kappa shape index (κ3) is 5.81. The normalized spacial score (nSPS) is 15.6. The minimum Gasteiger partial charge on any atom is -0.480 e. The highest BCUT2D eigenvalue weighted by Crippen LogP contribution is 2.27. The van der Waals surface area contributed by atoms with Gasteiger partial charge < -0.3 is 10.1 Å². The second kappa shape index (κ2) is 10.6. The van der Waals surface area contributed by atoms with Gasteiger partial charge in [0.15, 0.2) is 28.7 Å². The summed E-state index contributed by atoms with van der Waals surface area (Å²) in [5, 5.41) is 12.0. The largest absolute Gasteiger partial charge is 0.480 e. The maximum absolute atomic E-state index is 13.9. The Morgan fingerprint density at radius 3 is 2.83 bits per heavy atom. The van der Waals surface area contributed by atoms with Crippen LogP contribution in [0.1, 0.15) is 51.0 Å². The fraction of sp³-hybridized carbons (Fsp3) is 0.476. The molecule has 0 radical (unpaired) electrons. The third-order valence-corrected chi connectivity index (χ3v) is 5.89. The van der Waals surface area contributed by atoms with Crippen molar-refractivity contribution in [3.8, 4) is 5.75 Å². The van der Waals surface area contributed by atoms with Crippen molar-refractivity contribution in [1.29, 1.82) is 0 Å². The number of rotatable bonds is 9. The lowest BCUT2D eigenvalue weighted by Crippen LogP contribution is -2.37. The number of carbonyl (C=O) groups excluding carboxylic acids is 1. The Bertz CT molecular complexity index is 884. The maximum atomic E-state index is 13.9. The SMILES string of the molecule is C=CCn1c(SCC(=O)NC2CCCCC2)nnc1C(C)Oc1ccc(F)cc1F. The number of aromatic nitrogens is 3. The first-order valence-electron chi connectivity index (χ1n) is 10.1. The van der Waals surface area contributed by atoms with Gasteiger partial charge in [-0.15, -0.1) is 16.8 Å². The summed E-state index contributed by atoms with van der Waals surface area (Å²) in [4.78, 5) is 12.3. The van der Waals surface area contributed by atoms with Crippen molar-refractivity contribution in [3.63, 3.8) is 0 Å². The zero-order chi connectivity index (χ0) is 21.5. The van der Waals surface area contributed by atoms with Gasteiger partial charge in [0.2, 0.25) is 5.91 Å². The topological polar surface area (TPSA) is 69.0 Å². The van der Waals surface area contributed by atoms with Crippen LogP contribution in [0.2, 0.25) is 0 Å². The Morgan fingerprint density at radius 2 is 2.13 bits per heavy atom. The van der Waals surface area contributed by atoms with E-state index in [2.05, 4.69) is 22.1 Å². The molecule has 6 nitrogen and oxygen atoms in total. The fourth-order valence-electron chi connectivity index (χ4n) is 3.47. The summed E-state index contributed by atoms with van der Waals surface area (Å²) >= 11 is 1.28. The monoisotopic (exact) mass is 436 g/mol. The van der Waals surface area contributed by atoms with Crippen LogP contribution in [0.25, 0.3) is 0 Å². The van der Waals surface area contributed by atoms with Crippen LogP contribution in [-0.4, -0.2) is 32.5 Å². The first kappa shape index (κ1) is 22.3. The standard InChI is InChI=1S/C21H26F2N4O2S/c1-3-11-27-20(14(2)29-18-10-9-15(22)12-17(18)23)25-26-21(27)30-13-19(28)24-16-7-5-4-6-8-16/h3,9-10,12,14,16H,1,4-8,11,13H2,2H3,(H,24,28). The number of amides is 1. The van der Waals surface area contributed by atoms with Gasteiger partial charge in [-0.05, 0) is 31.9 Å². The fourth-order valence-corrected chi connectivity index (χ4v) is 4.23. The predicted octanol–water partition coefficient (Wildman–Crippen LogP) is 4.42. The highest BCUT2D eigenvalue weighted by atomic mass is 32.2. The molecule has 162 valence electrons. The molecular weight excluding hydrogens is 410 g/mol. The summed E-state index contributed by atoms with van der Waals surface area (Å²) in [7, 11) is 0. The average molecular weight is 437 g/mol. The van der Waals surface area contributed by atoms with Gasteiger partial charge >= 0.3 is 0 Å². The van der Waals surface area contributed by atoms with Crippen LogP contribution in [0.15, 0.2) is 36.0 Å². The molecule has 0 saturated heterocycles. The molecule has 1 aliphatic carbocycles. The number of nitrogens with zero attached hydrogens (tertiary/aromatic N) is 3. The van der Waals surface area contributed by atoms with E-state index in [9.17, 15) is 13.6 Å². The number of halogens is 2. The lowest BCUT2D eigenvalue weighted by atomic mass is 9.95. The van der Waals surface area contributed by atoms with Crippen molar-refractivity contribution in [2.75, 3.05) is 5.75 Å². The Labute approximate surface area is 179 Å². The van der Waals surface area contributed by atoms with Crippen LogP contribution >= 0.6 is 11.8 Å². The first-order valence-corrected chi connectivity index (χ1v) is 11.0. The minimum absolute atomic E-state index is 0.0284. The summed E-state index contributed by atoms with van der Waals surface area (Å²) in [6.07, 6.45) is 6.65. The summed E-state index contributed by atoms with van der Waals surface area (Å²) in [6, 6.07) is 3.39. The second-order valence-electron chi connectivity index (χ2n) is 7.27. The number of carbonyl (C=O) groups is 1. The van der Waals surface area contributed by atoms with Crippen LogP contribution < -0.4 is 10.1 Å². The van der Waals surface area contributed by atoms with Gasteiger partial charge in [-0.2, -0.15) is 0 Å². The van der Waals surface area contributed by atoms with E-state index in [4.69, 9.17) is 4.74 Å². The lowest BCUT2D eigenvalue weighted by Gasteiger charge is -2.22. The number of nitrogens with one attached hydrogen (secondary N) is 1. The van der Waals surface area contributed by atoms with Gasteiger partial charge in [0.25, 0.3) is 0 Å². The number of benzene rings is 1. The molecule has 0 aliphatic heterocycles. The van der Waals surface area contributed by atoms with Gasteiger partial charge in [0.05, 0.1) is 5.75 Å². The summed E-state index contributed by atoms with van der Waals surface area (Å²) < 4.78 is 34.4. The lowest BCUT2D eigenvalue weighted by molar-refractivity contribution is -0.119. The zero-order valence-electron chi connectivity index (χ0n) is 16.9. The zero-order valence-corrected chi connectivity index (χ0v) is 17.8.